The molecule has 0 amide bonds. The van der Waals surface area contributed by atoms with Crippen LogP contribution in [0, 0.1) is 5.92 Å². The Morgan fingerprint density at radius 2 is 1.09 bits per heavy atom. The number of aromatic carboxylic acids is 1. The Kier molecular flexibility index (Phi) is 97.6. The van der Waals surface area contributed by atoms with E-state index in [1.54, 1.807) is 12.1 Å². The van der Waals surface area contributed by atoms with Crippen LogP contribution in [0.2, 0.25) is 0 Å². The van der Waals surface area contributed by atoms with Gasteiger partial charge in [-0.05, 0) is 18.1 Å². The second kappa shape index (κ2) is 47.2. The zero-order chi connectivity index (χ0) is 21.3. The molecule has 1 aromatic rings. The van der Waals surface area contributed by atoms with E-state index < -0.39 is 23.7 Å². The van der Waals surface area contributed by atoms with Crippen molar-refractivity contribution in [2.75, 3.05) is 0 Å². The van der Waals surface area contributed by atoms with Crippen LogP contribution in [0.4, 0.5) is 0 Å². The first kappa shape index (κ1) is 70.2. The third kappa shape index (κ3) is 58.7. The van der Waals surface area contributed by atoms with Gasteiger partial charge in [-0.15, -0.1) is 0 Å². The van der Waals surface area contributed by atoms with Crippen molar-refractivity contribution < 1.29 is 190 Å². The number of carboxylic acids is 1. The third-order valence-corrected chi connectivity index (χ3v) is 1.66. The number of carbonyl (C=O) groups excluding carboxylic acids is 3. The normalized spacial score (nSPS) is 6.29. The van der Waals surface area contributed by atoms with Gasteiger partial charge in [0.05, 0.1) is 0 Å². The molecule has 12 nitrogen and oxygen atoms in total. The summed E-state index contributed by atoms with van der Waals surface area (Å²) in [6.07, 6.45) is 0. The van der Waals surface area contributed by atoms with Crippen LogP contribution in [-0.4, -0.2) is 61.9 Å². The van der Waals surface area contributed by atoms with E-state index in [9.17, 15) is 19.2 Å². The molecule has 0 saturated carbocycles. The number of aromatic hydroxyl groups is 1. The van der Waals surface area contributed by atoms with Gasteiger partial charge in [0, 0.05) is 143 Å². The summed E-state index contributed by atoms with van der Waals surface area (Å²) in [6.45, 7) is 8.09. The predicted octanol–water partition coefficient (Wildman–Crippen LogP) is -0.410. The molecule has 0 unspecified atom stereocenters. The number of carbonyl (C=O) groups is 5. The zero-order valence-electron chi connectivity index (χ0n) is 19.6. The molecule has 184 valence electrons. The fraction of sp³-hybridized carbons (Fsp3) is 0.294. The second-order valence-corrected chi connectivity index (χ2v) is 4.86. The number of Topliss-reactive ketones (excluding diaryl/α,β-unsaturated/α-hetero) is 1. The van der Waals surface area contributed by atoms with Crippen molar-refractivity contribution in [1.82, 2.24) is 0 Å². The Balaban J connectivity index is -0.0000000230. The molecular weight excluding hydrogens is 621 g/mol. The molecule has 1 aromatic carbocycles. The summed E-state index contributed by atoms with van der Waals surface area (Å²) in [5.74, 6) is -2.55. The smallest absolute Gasteiger partial charge is 0.381 e. The molecule has 0 spiro atoms. The molecule has 1 rings (SSSR count). The van der Waals surface area contributed by atoms with Gasteiger partial charge >= 0.3 is 17.9 Å². The first-order valence-corrected chi connectivity index (χ1v) is 6.99. The number of benzene rings is 1. The Morgan fingerprint density at radius 1 is 0.794 bits per heavy atom. The van der Waals surface area contributed by atoms with Gasteiger partial charge in [0.2, 0.25) is 5.78 Å². The summed E-state index contributed by atoms with van der Waals surface area (Å²) in [5.41, 5.74) is -0.0671. The minimum atomic E-state index is -1.11. The maximum Gasteiger partial charge on any atom is 0.381 e. The van der Waals surface area contributed by atoms with E-state index >= 15 is 0 Å². The molecule has 0 bridgehead atoms. The summed E-state index contributed by atoms with van der Waals surface area (Å²) < 4.78 is 3.88. The maximum absolute atomic E-state index is 10.3. The van der Waals surface area contributed by atoms with Gasteiger partial charge in [-0.3, -0.25) is 14.4 Å². The quantitative estimate of drug-likeness (QED) is 0.163. The Bertz CT molecular complexity index is 614. The van der Waals surface area contributed by atoms with Gasteiger partial charge in [-0.1, -0.05) is 32.9 Å². The summed E-state index contributed by atoms with van der Waals surface area (Å²) in [6, 6.07) is 5.81. The Morgan fingerprint density at radius 3 is 1.24 bits per heavy atom. The number of carboxylic acid groups (broad SMARTS) is 2. The molecule has 0 aromatic heterocycles. The average molecular weight is 650 g/mol. The van der Waals surface area contributed by atoms with E-state index in [1.165, 1.54) is 18.1 Å². The van der Waals surface area contributed by atoms with Crippen molar-refractivity contribution in [3.8, 4) is 5.75 Å². The van der Waals surface area contributed by atoms with Crippen LogP contribution in [0.3, 0.4) is 0 Å². The van der Waals surface area contributed by atoms with E-state index in [4.69, 9.17) is 20.1 Å². The number of phenols is 1. The Labute approximate surface area is 292 Å². The molecule has 0 atom stereocenters. The third-order valence-electron chi connectivity index (χ3n) is 1.66. The molecule has 34 heavy (non-hydrogen) atoms. The largest absolute Gasteiger partial charge is 0.507 e. The van der Waals surface area contributed by atoms with Crippen molar-refractivity contribution in [2.24, 2.45) is 0 Å². The van der Waals surface area contributed by atoms with Crippen molar-refractivity contribution in [3.63, 3.8) is 0 Å². The fourth-order valence-corrected chi connectivity index (χ4v) is 0.857. The maximum atomic E-state index is 10.3. The number of ketones is 1. The van der Waals surface area contributed by atoms with Gasteiger partial charge in [-0.2, -0.15) is 0 Å². The molecule has 0 heterocycles. The van der Waals surface area contributed by atoms with E-state index in [0.29, 0.717) is 0 Å². The van der Waals surface area contributed by atoms with Gasteiger partial charge in [0.1, 0.15) is 11.3 Å². The van der Waals surface area contributed by atoms with E-state index in [1.807, 2.05) is 0 Å². The van der Waals surface area contributed by atoms with Crippen LogP contribution < -0.4 is 0 Å². The van der Waals surface area contributed by atoms with Crippen LogP contribution >= 0.6 is 0 Å². The monoisotopic (exact) mass is 650 g/mol. The van der Waals surface area contributed by atoms with Gasteiger partial charge in [0.15, 0.2) is 0 Å². The number of ether oxygens (including phenoxy) is 1. The summed E-state index contributed by atoms with van der Waals surface area (Å²) in [4.78, 5) is 48.8. The summed E-state index contributed by atoms with van der Waals surface area (Å²) in [5, 5.41) is 24.2. The molecule has 0 aliphatic rings. The second-order valence-electron chi connectivity index (χ2n) is 4.86. The van der Waals surface area contributed by atoms with Gasteiger partial charge in [0.25, 0.3) is 6.47 Å². The molecule has 0 aliphatic heterocycles. The average Bonchev–Trinajstić information content (AvgIpc) is 2.47. The molecule has 17 heteroatoms. The molecule has 0 fully saturated rings. The SMILES string of the molecule is CC(=O)OC(=O)C(C)=O.C[C](C)C.O.O.O.O=C(O)c1ccccc1O.O=CO.[Sc].[Sc].[Sc].[Sc].[Sc]. The van der Waals surface area contributed by atoms with E-state index in [2.05, 4.69) is 25.5 Å². The number of rotatable bonds is 2. The molecule has 9 N–H and O–H groups in total. The standard InChI is InChI=1S/C7H6O3.C5H6O4.C4H9.CH2O2.3H2O.5Sc/c8-6-4-2-1-3-5(6)7(9)10;1-3(6)5(8)9-4(2)7;1-4(2)3;2-1-3;;;;;;;;/h1-4,8H,(H,9,10);1-2H3;1-3H3;1H,(H,2,3);3*1H2;;;;;. The first-order chi connectivity index (χ1) is 11.9. The van der Waals surface area contributed by atoms with Crippen molar-refractivity contribution in [3.05, 3.63) is 35.7 Å². The summed E-state index contributed by atoms with van der Waals surface area (Å²) >= 11 is 0. The van der Waals surface area contributed by atoms with Crippen LogP contribution in [0.25, 0.3) is 0 Å². The predicted molar refractivity (Wildman–Crippen MR) is 102 cm³/mol. The van der Waals surface area contributed by atoms with Crippen LogP contribution in [-0.2, 0) is 153 Å². The minimum Gasteiger partial charge on any atom is -0.507 e. The van der Waals surface area contributed by atoms with E-state index in [-0.39, 0.29) is 163 Å². The minimum absolute atomic E-state index is 0. The van der Waals surface area contributed by atoms with Gasteiger partial charge in [-0.25, -0.2) is 9.59 Å². The number of para-hydroxylation sites is 1. The van der Waals surface area contributed by atoms with Crippen LogP contribution in [0.15, 0.2) is 24.3 Å². The molecule has 0 aliphatic carbocycles. The van der Waals surface area contributed by atoms with Gasteiger partial charge < -0.3 is 36.5 Å². The van der Waals surface area contributed by atoms with Crippen molar-refractivity contribution in [2.45, 2.75) is 34.6 Å². The van der Waals surface area contributed by atoms with Crippen molar-refractivity contribution in [1.29, 1.82) is 0 Å². The van der Waals surface area contributed by atoms with Crippen LogP contribution in [0.5, 0.6) is 5.75 Å². The fourth-order valence-electron chi connectivity index (χ4n) is 0.857. The molecule has 6 radical (unpaired) electrons. The van der Waals surface area contributed by atoms with E-state index in [0.717, 1.165) is 13.8 Å². The van der Waals surface area contributed by atoms with Crippen LogP contribution in [0.1, 0.15) is 45.0 Å². The topological polar surface area (TPSA) is 250 Å². The number of hydrogen-bond donors (Lipinski definition) is 3. The number of esters is 2. The zero-order valence-corrected chi connectivity index (χ0v) is 28.6. The Hall–Kier alpha value is 1.00. The first-order valence-electron chi connectivity index (χ1n) is 6.99. The molecule has 0 saturated heterocycles. The number of hydrogen-bond acceptors (Lipinski definition) is 7. The molecular formula is C17H29O12Sc5. The van der Waals surface area contributed by atoms with Crippen molar-refractivity contribution >= 4 is 30.2 Å². The summed E-state index contributed by atoms with van der Waals surface area (Å²) in [7, 11) is 0.